The standard InChI is InChI=1S/C16H23F2N3O3/c1-10-7-8-21(15(23)20-10)14-16(17,18)13(22)12(24-14)9-19-11-5-3-2-4-6-11/h7-8,11-14,19,22H,2-6,9H2,1H3/t12-,13-,14-/m1/s1. The summed E-state index contributed by atoms with van der Waals surface area (Å²) in [4.78, 5) is 15.5. The number of hydrogen-bond acceptors (Lipinski definition) is 5. The summed E-state index contributed by atoms with van der Waals surface area (Å²) in [5, 5.41) is 13.2. The van der Waals surface area contributed by atoms with Gasteiger partial charge >= 0.3 is 11.6 Å². The van der Waals surface area contributed by atoms with Gasteiger partial charge in [0.1, 0.15) is 12.2 Å². The number of alkyl halides is 2. The average Bonchev–Trinajstić information content (AvgIpc) is 2.77. The minimum Gasteiger partial charge on any atom is -0.384 e. The van der Waals surface area contributed by atoms with Crippen LogP contribution in [0.25, 0.3) is 0 Å². The summed E-state index contributed by atoms with van der Waals surface area (Å²) in [6.07, 6.45) is 1.80. The third kappa shape index (κ3) is 3.36. The predicted octanol–water partition coefficient (Wildman–Crippen LogP) is 1.37. The zero-order valence-electron chi connectivity index (χ0n) is 13.6. The SMILES string of the molecule is Cc1ccn([C@@H]2O[C@H](CNC3CCCCC3)[C@@H](O)C2(F)F)c(=O)n1. The molecule has 0 unspecified atom stereocenters. The molecule has 1 saturated carbocycles. The molecule has 2 fully saturated rings. The monoisotopic (exact) mass is 343 g/mol. The number of nitrogens with zero attached hydrogens (tertiary/aromatic N) is 2. The smallest absolute Gasteiger partial charge is 0.350 e. The fourth-order valence-electron chi connectivity index (χ4n) is 3.40. The first-order valence-electron chi connectivity index (χ1n) is 8.40. The van der Waals surface area contributed by atoms with Gasteiger partial charge in [-0.3, -0.25) is 4.57 Å². The Morgan fingerprint density at radius 3 is 2.79 bits per heavy atom. The lowest BCUT2D eigenvalue weighted by Gasteiger charge is -2.25. The van der Waals surface area contributed by atoms with Crippen molar-refractivity contribution < 1.29 is 18.6 Å². The first kappa shape index (κ1) is 17.4. The molecule has 6 nitrogen and oxygen atoms in total. The van der Waals surface area contributed by atoms with Gasteiger partial charge in [0.15, 0.2) is 0 Å². The molecule has 1 aliphatic carbocycles. The zero-order chi connectivity index (χ0) is 17.3. The van der Waals surface area contributed by atoms with E-state index < -0.39 is 30.0 Å². The molecule has 134 valence electrons. The van der Waals surface area contributed by atoms with E-state index in [2.05, 4.69) is 10.3 Å². The Labute approximate surface area is 138 Å². The molecule has 2 heterocycles. The number of hydrogen-bond donors (Lipinski definition) is 2. The van der Waals surface area contributed by atoms with Crippen molar-refractivity contribution in [2.24, 2.45) is 0 Å². The molecule has 3 atom stereocenters. The van der Waals surface area contributed by atoms with Gasteiger partial charge in [-0.25, -0.2) is 4.79 Å². The van der Waals surface area contributed by atoms with E-state index in [9.17, 15) is 18.7 Å². The van der Waals surface area contributed by atoms with Gasteiger partial charge in [0.2, 0.25) is 6.23 Å². The van der Waals surface area contributed by atoms with Gasteiger partial charge in [-0.05, 0) is 25.8 Å². The minimum atomic E-state index is -3.56. The van der Waals surface area contributed by atoms with Crippen molar-refractivity contribution in [2.75, 3.05) is 6.54 Å². The highest BCUT2D eigenvalue weighted by atomic mass is 19.3. The number of aliphatic hydroxyl groups is 1. The van der Waals surface area contributed by atoms with E-state index in [0.29, 0.717) is 5.69 Å². The Kier molecular flexibility index (Phi) is 4.98. The van der Waals surface area contributed by atoms with Gasteiger partial charge in [0.05, 0.1) is 0 Å². The lowest BCUT2D eigenvalue weighted by molar-refractivity contribution is -0.140. The molecule has 2 N–H and O–H groups in total. The van der Waals surface area contributed by atoms with E-state index in [1.165, 1.54) is 18.7 Å². The number of aromatic nitrogens is 2. The minimum absolute atomic E-state index is 0.131. The fraction of sp³-hybridized carbons (Fsp3) is 0.750. The second-order valence-electron chi connectivity index (χ2n) is 6.65. The molecule has 1 aromatic rings. The number of nitrogens with one attached hydrogen (secondary N) is 1. The second kappa shape index (κ2) is 6.85. The summed E-state index contributed by atoms with van der Waals surface area (Å²) in [5.41, 5.74) is -0.374. The normalized spacial score (nSPS) is 30.6. The van der Waals surface area contributed by atoms with Crippen molar-refractivity contribution in [1.29, 1.82) is 0 Å². The van der Waals surface area contributed by atoms with Gasteiger partial charge in [0, 0.05) is 24.5 Å². The highest BCUT2D eigenvalue weighted by molar-refractivity contribution is 5.02. The molecule has 1 aromatic heterocycles. The van der Waals surface area contributed by atoms with E-state index >= 15 is 0 Å². The Balaban J connectivity index is 1.71. The van der Waals surface area contributed by atoms with Gasteiger partial charge in [-0.2, -0.15) is 13.8 Å². The van der Waals surface area contributed by atoms with Crippen molar-refractivity contribution in [3.8, 4) is 0 Å². The largest absolute Gasteiger partial charge is 0.384 e. The molecule has 2 aliphatic rings. The summed E-state index contributed by atoms with van der Waals surface area (Å²) >= 11 is 0. The molecule has 24 heavy (non-hydrogen) atoms. The van der Waals surface area contributed by atoms with Crippen LogP contribution in [0.5, 0.6) is 0 Å². The molecular formula is C16H23F2N3O3. The molecular weight excluding hydrogens is 320 g/mol. The number of rotatable bonds is 4. The Hall–Kier alpha value is -1.38. The first-order chi connectivity index (χ1) is 11.4. The van der Waals surface area contributed by atoms with Crippen LogP contribution in [-0.2, 0) is 4.74 Å². The molecule has 0 spiro atoms. The molecule has 1 aliphatic heterocycles. The summed E-state index contributed by atoms with van der Waals surface area (Å²) in [6, 6.07) is 1.73. The summed E-state index contributed by atoms with van der Waals surface area (Å²) in [5.74, 6) is -3.56. The number of ether oxygens (including phenoxy) is 1. The van der Waals surface area contributed by atoms with Crippen molar-refractivity contribution in [1.82, 2.24) is 14.9 Å². The van der Waals surface area contributed by atoms with Crippen LogP contribution in [0.2, 0.25) is 0 Å². The maximum absolute atomic E-state index is 14.4. The van der Waals surface area contributed by atoms with Crippen molar-refractivity contribution in [3.05, 3.63) is 28.4 Å². The number of aryl methyl sites for hydroxylation is 1. The molecule has 3 rings (SSSR count). The lowest BCUT2D eigenvalue weighted by atomic mass is 9.95. The molecule has 0 aromatic carbocycles. The van der Waals surface area contributed by atoms with Gasteiger partial charge in [-0.1, -0.05) is 19.3 Å². The van der Waals surface area contributed by atoms with Crippen LogP contribution < -0.4 is 11.0 Å². The van der Waals surface area contributed by atoms with Crippen LogP contribution in [0.1, 0.15) is 44.0 Å². The van der Waals surface area contributed by atoms with Crippen LogP contribution in [-0.4, -0.2) is 45.4 Å². The van der Waals surface area contributed by atoms with Crippen molar-refractivity contribution in [3.63, 3.8) is 0 Å². The molecule has 8 heteroatoms. The Morgan fingerprint density at radius 1 is 1.42 bits per heavy atom. The van der Waals surface area contributed by atoms with Gasteiger partial charge in [-0.15, -0.1) is 0 Å². The number of halogens is 2. The maximum Gasteiger partial charge on any atom is 0.350 e. The van der Waals surface area contributed by atoms with E-state index in [-0.39, 0.29) is 12.6 Å². The predicted molar refractivity (Wildman–Crippen MR) is 83.0 cm³/mol. The van der Waals surface area contributed by atoms with Crippen LogP contribution in [0.3, 0.4) is 0 Å². The fourth-order valence-corrected chi connectivity index (χ4v) is 3.40. The van der Waals surface area contributed by atoms with E-state index in [1.54, 1.807) is 6.92 Å². The highest BCUT2D eigenvalue weighted by Gasteiger charge is 2.59. The summed E-state index contributed by atoms with van der Waals surface area (Å²) in [6.45, 7) is 1.73. The molecule has 0 amide bonds. The number of aliphatic hydroxyl groups excluding tert-OH is 1. The van der Waals surface area contributed by atoms with Crippen LogP contribution in [0.4, 0.5) is 8.78 Å². The quantitative estimate of drug-likeness (QED) is 0.863. The summed E-state index contributed by atoms with van der Waals surface area (Å²) < 4.78 is 34.9. The Morgan fingerprint density at radius 2 is 2.12 bits per heavy atom. The van der Waals surface area contributed by atoms with Gasteiger partial charge in [0.25, 0.3) is 0 Å². The second-order valence-corrected chi connectivity index (χ2v) is 6.65. The molecule has 0 radical (unpaired) electrons. The third-order valence-electron chi connectivity index (χ3n) is 4.81. The molecule has 1 saturated heterocycles. The van der Waals surface area contributed by atoms with Crippen LogP contribution in [0.15, 0.2) is 17.1 Å². The zero-order valence-corrected chi connectivity index (χ0v) is 13.6. The topological polar surface area (TPSA) is 76.4 Å². The molecule has 0 bridgehead atoms. The third-order valence-corrected chi connectivity index (χ3v) is 4.81. The Bertz CT molecular complexity index is 631. The van der Waals surface area contributed by atoms with Gasteiger partial charge < -0.3 is 15.2 Å². The summed E-state index contributed by atoms with van der Waals surface area (Å²) in [7, 11) is 0. The van der Waals surface area contributed by atoms with Crippen molar-refractivity contribution >= 4 is 0 Å². The van der Waals surface area contributed by atoms with Crippen molar-refractivity contribution in [2.45, 2.75) is 69.4 Å². The maximum atomic E-state index is 14.4. The highest BCUT2D eigenvalue weighted by Crippen LogP contribution is 2.42. The average molecular weight is 343 g/mol. The van der Waals surface area contributed by atoms with E-state index in [4.69, 9.17) is 4.74 Å². The lowest BCUT2D eigenvalue weighted by Crippen LogP contribution is -2.44. The van der Waals surface area contributed by atoms with E-state index in [1.807, 2.05) is 0 Å². The first-order valence-corrected chi connectivity index (χ1v) is 8.40. The van der Waals surface area contributed by atoms with Crippen LogP contribution >= 0.6 is 0 Å². The van der Waals surface area contributed by atoms with E-state index in [0.717, 1.165) is 30.3 Å². The van der Waals surface area contributed by atoms with Crippen LogP contribution in [0, 0.1) is 6.92 Å².